The summed E-state index contributed by atoms with van der Waals surface area (Å²) in [5.41, 5.74) is 0. The molecule has 1 saturated heterocycles. The summed E-state index contributed by atoms with van der Waals surface area (Å²) in [7, 11) is 1.83. The van der Waals surface area contributed by atoms with Crippen LogP contribution in [-0.4, -0.2) is 52.6 Å². The number of urea groups is 1. The fourth-order valence-corrected chi connectivity index (χ4v) is 3.84. The van der Waals surface area contributed by atoms with E-state index in [2.05, 4.69) is 6.92 Å². The Morgan fingerprint density at radius 1 is 1.19 bits per heavy atom. The van der Waals surface area contributed by atoms with Gasteiger partial charge in [-0.05, 0) is 43.9 Å². The van der Waals surface area contributed by atoms with E-state index in [9.17, 15) is 14.7 Å². The van der Waals surface area contributed by atoms with E-state index in [0.29, 0.717) is 6.54 Å². The van der Waals surface area contributed by atoms with Crippen molar-refractivity contribution < 1.29 is 14.7 Å². The first-order valence-electron chi connectivity index (χ1n) is 8.21. The van der Waals surface area contributed by atoms with E-state index in [1.54, 1.807) is 9.80 Å². The Bertz CT molecular complexity index is 391. The van der Waals surface area contributed by atoms with Gasteiger partial charge in [-0.15, -0.1) is 0 Å². The molecule has 0 aromatic heterocycles. The topological polar surface area (TPSA) is 60.9 Å². The van der Waals surface area contributed by atoms with Crippen LogP contribution >= 0.6 is 0 Å². The van der Waals surface area contributed by atoms with Crippen LogP contribution in [0.25, 0.3) is 0 Å². The fraction of sp³-hybridized carbons (Fsp3) is 0.875. The number of hydrogen-bond donors (Lipinski definition) is 1. The first-order valence-corrected chi connectivity index (χ1v) is 8.21. The van der Waals surface area contributed by atoms with Crippen LogP contribution in [0.3, 0.4) is 0 Å². The molecule has 0 aromatic carbocycles. The predicted octanol–water partition coefficient (Wildman–Crippen LogP) is 2.80. The van der Waals surface area contributed by atoms with Gasteiger partial charge in [0.2, 0.25) is 0 Å². The Morgan fingerprint density at radius 2 is 1.81 bits per heavy atom. The molecule has 5 heteroatoms. The van der Waals surface area contributed by atoms with Crippen molar-refractivity contribution in [2.45, 2.75) is 64.5 Å². The molecule has 1 aliphatic heterocycles. The van der Waals surface area contributed by atoms with Crippen LogP contribution in [0.5, 0.6) is 0 Å². The van der Waals surface area contributed by atoms with Crippen molar-refractivity contribution in [1.29, 1.82) is 0 Å². The van der Waals surface area contributed by atoms with Crippen LogP contribution in [0, 0.1) is 11.8 Å². The van der Waals surface area contributed by atoms with E-state index in [-0.39, 0.29) is 18.0 Å². The number of likely N-dealkylation sites (tertiary alicyclic amines) is 1. The van der Waals surface area contributed by atoms with Gasteiger partial charge in [0, 0.05) is 19.6 Å². The van der Waals surface area contributed by atoms with Gasteiger partial charge in [-0.2, -0.15) is 0 Å². The number of carboxylic acids is 1. The zero-order valence-electron chi connectivity index (χ0n) is 13.4. The predicted molar refractivity (Wildman–Crippen MR) is 81.1 cm³/mol. The normalized spacial score (nSPS) is 33.0. The van der Waals surface area contributed by atoms with Crippen molar-refractivity contribution in [3.8, 4) is 0 Å². The van der Waals surface area contributed by atoms with E-state index in [1.807, 2.05) is 14.0 Å². The van der Waals surface area contributed by atoms with Crippen LogP contribution in [0.15, 0.2) is 0 Å². The molecular formula is C16H28N2O3. The van der Waals surface area contributed by atoms with E-state index in [1.165, 1.54) is 19.3 Å². The number of carbonyl (C=O) groups excluding carboxylic acids is 1. The zero-order chi connectivity index (χ0) is 15.6. The third-order valence-corrected chi connectivity index (χ3v) is 5.44. The molecule has 2 rings (SSSR count). The number of hydrogen-bond acceptors (Lipinski definition) is 2. The molecule has 21 heavy (non-hydrogen) atoms. The summed E-state index contributed by atoms with van der Waals surface area (Å²) in [5.74, 6) is -0.0459. The molecule has 0 bridgehead atoms. The number of amides is 2. The van der Waals surface area contributed by atoms with Gasteiger partial charge in [0.25, 0.3) is 0 Å². The molecule has 2 atom stereocenters. The molecule has 2 fully saturated rings. The SMILES string of the molecule is CCC1CCC(N(C)C(=O)N2CCC(C)C2C(=O)O)CC1. The van der Waals surface area contributed by atoms with Gasteiger partial charge in [0.05, 0.1) is 0 Å². The molecule has 1 aliphatic carbocycles. The third kappa shape index (κ3) is 3.33. The average Bonchev–Trinajstić information content (AvgIpc) is 2.87. The summed E-state index contributed by atoms with van der Waals surface area (Å²) in [5, 5.41) is 9.35. The fourth-order valence-electron chi connectivity index (χ4n) is 3.84. The molecular weight excluding hydrogens is 268 g/mol. The molecule has 1 heterocycles. The van der Waals surface area contributed by atoms with Crippen molar-refractivity contribution in [2.75, 3.05) is 13.6 Å². The summed E-state index contributed by atoms with van der Waals surface area (Å²) < 4.78 is 0. The molecule has 5 nitrogen and oxygen atoms in total. The van der Waals surface area contributed by atoms with Gasteiger partial charge < -0.3 is 14.9 Å². The minimum atomic E-state index is -0.878. The van der Waals surface area contributed by atoms with E-state index in [0.717, 1.165) is 25.2 Å². The van der Waals surface area contributed by atoms with Crippen LogP contribution in [0.2, 0.25) is 0 Å². The maximum Gasteiger partial charge on any atom is 0.326 e. The van der Waals surface area contributed by atoms with Gasteiger partial charge in [-0.25, -0.2) is 9.59 Å². The summed E-state index contributed by atoms with van der Waals surface area (Å²) >= 11 is 0. The van der Waals surface area contributed by atoms with E-state index in [4.69, 9.17) is 0 Å². The Balaban J connectivity index is 1.98. The van der Waals surface area contributed by atoms with Crippen molar-refractivity contribution in [1.82, 2.24) is 9.80 Å². The van der Waals surface area contributed by atoms with Crippen LogP contribution < -0.4 is 0 Å². The third-order valence-electron chi connectivity index (χ3n) is 5.44. The molecule has 2 unspecified atom stereocenters. The van der Waals surface area contributed by atoms with Crippen molar-refractivity contribution in [2.24, 2.45) is 11.8 Å². The lowest BCUT2D eigenvalue weighted by Gasteiger charge is -2.37. The maximum atomic E-state index is 12.6. The molecule has 2 amide bonds. The highest BCUT2D eigenvalue weighted by atomic mass is 16.4. The number of rotatable bonds is 3. The first kappa shape index (κ1) is 16.1. The molecule has 2 aliphatic rings. The molecule has 0 spiro atoms. The standard InChI is InChI=1S/C16H28N2O3/c1-4-12-5-7-13(8-6-12)17(3)16(21)18-10-9-11(2)14(18)15(19)20/h11-14H,4-10H2,1-3H3,(H,19,20). The maximum absolute atomic E-state index is 12.6. The summed E-state index contributed by atoms with van der Waals surface area (Å²) in [4.78, 5) is 27.4. The van der Waals surface area contributed by atoms with Gasteiger partial charge in [0.15, 0.2) is 0 Å². The lowest BCUT2D eigenvalue weighted by atomic mass is 9.84. The number of aliphatic carboxylic acids is 1. The van der Waals surface area contributed by atoms with Gasteiger partial charge in [0.1, 0.15) is 6.04 Å². The quantitative estimate of drug-likeness (QED) is 0.871. The first-order chi connectivity index (χ1) is 9.95. The van der Waals surface area contributed by atoms with Gasteiger partial charge >= 0.3 is 12.0 Å². The minimum absolute atomic E-state index is 0.0377. The molecule has 120 valence electrons. The summed E-state index contributed by atoms with van der Waals surface area (Å²) in [6.07, 6.45) is 6.44. The van der Waals surface area contributed by atoms with Crippen molar-refractivity contribution in [3.05, 3.63) is 0 Å². The Labute approximate surface area is 127 Å². The van der Waals surface area contributed by atoms with Crippen LogP contribution in [0.1, 0.15) is 52.4 Å². The van der Waals surface area contributed by atoms with Gasteiger partial charge in [-0.1, -0.05) is 20.3 Å². The highest BCUT2D eigenvalue weighted by Gasteiger charge is 2.41. The lowest BCUT2D eigenvalue weighted by Crippen LogP contribution is -2.51. The van der Waals surface area contributed by atoms with Gasteiger partial charge in [-0.3, -0.25) is 0 Å². The second-order valence-corrected chi connectivity index (χ2v) is 6.72. The second kappa shape index (κ2) is 6.67. The Hall–Kier alpha value is -1.26. The Morgan fingerprint density at radius 3 is 2.33 bits per heavy atom. The highest BCUT2D eigenvalue weighted by molar-refractivity contribution is 5.83. The lowest BCUT2D eigenvalue weighted by molar-refractivity contribution is -0.142. The molecule has 0 aromatic rings. The number of carboxylic acid groups (broad SMARTS) is 1. The van der Waals surface area contributed by atoms with Crippen molar-refractivity contribution in [3.63, 3.8) is 0 Å². The number of nitrogens with zero attached hydrogens (tertiary/aromatic N) is 2. The smallest absolute Gasteiger partial charge is 0.326 e. The van der Waals surface area contributed by atoms with Crippen LogP contribution in [0.4, 0.5) is 4.79 Å². The average molecular weight is 296 g/mol. The summed E-state index contributed by atoms with van der Waals surface area (Å²) in [6, 6.07) is -0.496. The highest BCUT2D eigenvalue weighted by Crippen LogP contribution is 2.31. The second-order valence-electron chi connectivity index (χ2n) is 6.72. The van der Waals surface area contributed by atoms with E-state index < -0.39 is 12.0 Å². The zero-order valence-corrected chi connectivity index (χ0v) is 13.4. The molecule has 0 radical (unpaired) electrons. The monoisotopic (exact) mass is 296 g/mol. The molecule has 1 saturated carbocycles. The largest absolute Gasteiger partial charge is 0.480 e. The molecule has 1 N–H and O–H groups in total. The minimum Gasteiger partial charge on any atom is -0.480 e. The number of carbonyl (C=O) groups is 2. The van der Waals surface area contributed by atoms with E-state index >= 15 is 0 Å². The Kier molecular flexibility index (Phi) is 5.12. The van der Waals surface area contributed by atoms with Crippen LogP contribution in [-0.2, 0) is 4.79 Å². The van der Waals surface area contributed by atoms with Crippen molar-refractivity contribution >= 4 is 12.0 Å². The summed E-state index contributed by atoms with van der Waals surface area (Å²) in [6.45, 7) is 4.70.